The number of terminal acetylenes is 1. The Kier molecular flexibility index (Phi) is 5.44. The Morgan fingerprint density at radius 3 is 3.00 bits per heavy atom. The van der Waals surface area contributed by atoms with E-state index in [0.29, 0.717) is 18.6 Å². The van der Waals surface area contributed by atoms with Crippen LogP contribution < -0.4 is 15.5 Å². The molecule has 3 saturated heterocycles. The number of thiocarbonyl (C=S) groups is 1. The molecule has 0 aromatic carbocycles. The van der Waals surface area contributed by atoms with Crippen LogP contribution in [-0.2, 0) is 4.74 Å². The summed E-state index contributed by atoms with van der Waals surface area (Å²) >= 11 is 5.25. The van der Waals surface area contributed by atoms with E-state index in [4.69, 9.17) is 23.4 Å². The van der Waals surface area contributed by atoms with Crippen molar-refractivity contribution >= 4 is 17.3 Å². The Morgan fingerprint density at radius 2 is 2.37 bits per heavy atom. The van der Waals surface area contributed by atoms with Gasteiger partial charge in [0.25, 0.3) is 0 Å². The molecule has 4 nitrogen and oxygen atoms in total. The molecular formula is C14H24N3OS+. The van der Waals surface area contributed by atoms with Crippen LogP contribution in [-0.4, -0.2) is 51.0 Å². The fourth-order valence-corrected chi connectivity index (χ4v) is 3.46. The lowest BCUT2D eigenvalue weighted by Crippen LogP contribution is -3.20. The number of ether oxygens (including phenoxy) is 1. The van der Waals surface area contributed by atoms with Gasteiger partial charge in [-0.2, -0.15) is 0 Å². The molecule has 1 unspecified atom stereocenters. The summed E-state index contributed by atoms with van der Waals surface area (Å²) in [5, 5.41) is 7.19. The Hall–Kier alpha value is -0.830. The fourth-order valence-electron chi connectivity index (χ4n) is 3.28. The molecule has 3 heterocycles. The van der Waals surface area contributed by atoms with E-state index in [-0.39, 0.29) is 0 Å². The largest absolute Gasteiger partial charge is 0.383 e. The molecule has 3 rings (SSSR count). The van der Waals surface area contributed by atoms with Crippen LogP contribution in [0.4, 0.5) is 0 Å². The third kappa shape index (κ3) is 3.82. The minimum Gasteiger partial charge on any atom is -0.383 e. The van der Waals surface area contributed by atoms with Crippen LogP contribution in [0.15, 0.2) is 0 Å². The molecule has 106 valence electrons. The predicted molar refractivity (Wildman–Crippen MR) is 80.0 cm³/mol. The summed E-state index contributed by atoms with van der Waals surface area (Å²) in [6.07, 6.45) is 8.13. The molecule has 3 aliphatic heterocycles. The van der Waals surface area contributed by atoms with Crippen molar-refractivity contribution in [3.05, 3.63) is 0 Å². The summed E-state index contributed by atoms with van der Waals surface area (Å²) in [6, 6.07) is 0.658. The third-order valence-corrected chi connectivity index (χ3v) is 4.66. The molecular weight excluding hydrogens is 258 g/mol. The lowest BCUT2D eigenvalue weighted by molar-refractivity contribution is -0.943. The third-order valence-electron chi connectivity index (χ3n) is 4.37. The molecule has 0 radical (unpaired) electrons. The second-order valence-electron chi connectivity index (χ2n) is 5.50. The molecule has 3 fully saturated rings. The van der Waals surface area contributed by atoms with Crippen LogP contribution in [0.1, 0.15) is 12.8 Å². The van der Waals surface area contributed by atoms with E-state index in [2.05, 4.69) is 16.6 Å². The van der Waals surface area contributed by atoms with Gasteiger partial charge < -0.3 is 20.3 Å². The Morgan fingerprint density at radius 1 is 1.53 bits per heavy atom. The van der Waals surface area contributed by atoms with Gasteiger partial charge in [0.05, 0.1) is 32.2 Å². The minimum absolute atomic E-state index is 0.492. The molecule has 3 N–H and O–H groups in total. The van der Waals surface area contributed by atoms with E-state index in [1.165, 1.54) is 19.4 Å². The maximum atomic E-state index is 5.60. The topological polar surface area (TPSA) is 37.7 Å². The van der Waals surface area contributed by atoms with E-state index in [1.54, 1.807) is 12.0 Å². The van der Waals surface area contributed by atoms with Crippen LogP contribution >= 0.6 is 12.2 Å². The van der Waals surface area contributed by atoms with Gasteiger partial charge in [-0.05, 0) is 18.1 Å². The van der Waals surface area contributed by atoms with E-state index in [9.17, 15) is 0 Å². The first-order valence-corrected chi connectivity index (χ1v) is 7.46. The molecule has 0 saturated carbocycles. The van der Waals surface area contributed by atoms with Crippen molar-refractivity contribution in [2.75, 3.05) is 39.9 Å². The lowest BCUT2D eigenvalue weighted by Gasteiger charge is -2.45. The Balaban J connectivity index is 1.70. The van der Waals surface area contributed by atoms with Gasteiger partial charge in [0.15, 0.2) is 5.11 Å². The normalized spacial score (nSPS) is 32.6. The lowest BCUT2D eigenvalue weighted by atomic mass is 9.76. The van der Waals surface area contributed by atoms with Gasteiger partial charge in [-0.1, -0.05) is 5.92 Å². The molecule has 0 aliphatic carbocycles. The van der Waals surface area contributed by atoms with Crippen molar-refractivity contribution in [1.29, 1.82) is 0 Å². The van der Waals surface area contributed by atoms with Crippen molar-refractivity contribution in [3.63, 3.8) is 0 Å². The number of fused-ring (bicyclic) bond motifs is 3. The average Bonchev–Trinajstić information content (AvgIpc) is 2.46. The maximum absolute atomic E-state index is 5.60. The first-order chi connectivity index (χ1) is 9.24. The maximum Gasteiger partial charge on any atom is 0.166 e. The van der Waals surface area contributed by atoms with E-state index >= 15 is 0 Å². The first-order valence-electron chi connectivity index (χ1n) is 7.06. The highest BCUT2D eigenvalue weighted by atomic mass is 32.1. The van der Waals surface area contributed by atoms with Gasteiger partial charge in [-0.3, -0.25) is 0 Å². The highest BCUT2D eigenvalue weighted by Crippen LogP contribution is 2.25. The summed E-state index contributed by atoms with van der Waals surface area (Å²) < 4.78 is 4.98. The van der Waals surface area contributed by atoms with Gasteiger partial charge >= 0.3 is 0 Å². The van der Waals surface area contributed by atoms with Gasteiger partial charge in [0, 0.05) is 26.5 Å². The van der Waals surface area contributed by atoms with Crippen molar-refractivity contribution < 1.29 is 9.64 Å². The molecule has 0 amide bonds. The van der Waals surface area contributed by atoms with Crippen LogP contribution in [0.5, 0.6) is 0 Å². The number of methoxy groups -OCH3 is 1. The molecule has 0 aromatic heterocycles. The molecule has 2 bridgehead atoms. The highest BCUT2D eigenvalue weighted by Gasteiger charge is 2.42. The highest BCUT2D eigenvalue weighted by molar-refractivity contribution is 7.80. The summed E-state index contributed by atoms with van der Waals surface area (Å²) in [5.41, 5.74) is 0. The van der Waals surface area contributed by atoms with Crippen LogP contribution in [0.25, 0.3) is 0 Å². The zero-order valence-corrected chi connectivity index (χ0v) is 12.4. The Bertz CT molecular complexity index is 355. The van der Waals surface area contributed by atoms with Crippen LogP contribution in [0.2, 0.25) is 0 Å². The van der Waals surface area contributed by atoms with E-state index < -0.39 is 0 Å². The molecule has 3 aliphatic rings. The average molecular weight is 282 g/mol. The molecule has 19 heavy (non-hydrogen) atoms. The number of quaternary nitrogens is 1. The monoisotopic (exact) mass is 282 g/mol. The second kappa shape index (κ2) is 7.09. The van der Waals surface area contributed by atoms with Gasteiger partial charge in [0.2, 0.25) is 0 Å². The minimum atomic E-state index is 0.492. The number of nitrogens with one attached hydrogen (secondary N) is 3. The molecule has 5 heteroatoms. The SMILES string of the molecule is C#C[C@H]1C[NH+]2CC[C@H]1C[C@@H]2CNC(=S)NCCOC. The molecule has 4 atom stereocenters. The van der Waals surface area contributed by atoms with Crippen molar-refractivity contribution in [2.45, 2.75) is 18.9 Å². The summed E-state index contributed by atoms with van der Waals surface area (Å²) in [4.78, 5) is 1.65. The van der Waals surface area contributed by atoms with E-state index in [1.807, 2.05) is 0 Å². The summed E-state index contributed by atoms with van der Waals surface area (Å²) in [7, 11) is 1.69. The van der Waals surface area contributed by atoms with Crippen molar-refractivity contribution in [1.82, 2.24) is 10.6 Å². The quantitative estimate of drug-likeness (QED) is 0.344. The fraction of sp³-hybridized carbons (Fsp3) is 0.786. The summed E-state index contributed by atoms with van der Waals surface area (Å²) in [6.45, 7) is 4.78. The zero-order chi connectivity index (χ0) is 13.7. The van der Waals surface area contributed by atoms with Crippen LogP contribution in [0.3, 0.4) is 0 Å². The van der Waals surface area contributed by atoms with Crippen molar-refractivity contribution in [3.8, 4) is 12.3 Å². The Labute approximate surface area is 121 Å². The zero-order valence-electron chi connectivity index (χ0n) is 11.6. The number of rotatable bonds is 5. The molecule has 0 spiro atoms. The number of hydrogen-bond acceptors (Lipinski definition) is 2. The predicted octanol–water partition coefficient (Wildman–Crippen LogP) is -0.977. The van der Waals surface area contributed by atoms with Gasteiger partial charge in [-0.25, -0.2) is 0 Å². The number of piperidine rings is 3. The summed E-state index contributed by atoms with van der Waals surface area (Å²) in [5.74, 6) is 4.18. The van der Waals surface area contributed by atoms with Gasteiger partial charge in [0.1, 0.15) is 6.04 Å². The second-order valence-corrected chi connectivity index (χ2v) is 5.90. The van der Waals surface area contributed by atoms with E-state index in [0.717, 1.165) is 30.7 Å². The van der Waals surface area contributed by atoms with Crippen LogP contribution in [0, 0.1) is 24.2 Å². The van der Waals surface area contributed by atoms with Crippen molar-refractivity contribution in [2.24, 2.45) is 11.8 Å². The standard InChI is InChI=1S/C14H23N3OS/c1-3-11-10-17-6-4-12(11)8-13(17)9-16-14(19)15-5-7-18-2/h1,11-13H,4-10H2,2H3,(H2,15,16,19)/p+1/t11-,12-,13+/m0/s1. The van der Waals surface area contributed by atoms with Gasteiger partial charge in [-0.15, -0.1) is 6.42 Å². The number of hydrogen-bond donors (Lipinski definition) is 3. The smallest absolute Gasteiger partial charge is 0.166 e. The first kappa shape index (κ1) is 14.6. The molecule has 0 aromatic rings.